The molecule has 0 aromatic carbocycles. The van der Waals surface area contributed by atoms with Crippen LogP contribution in [0.2, 0.25) is 0 Å². The third-order valence-corrected chi connectivity index (χ3v) is 6.56. The van der Waals surface area contributed by atoms with Gasteiger partial charge in [-0.25, -0.2) is 19.9 Å². The fourth-order valence-corrected chi connectivity index (χ4v) is 4.82. The average Bonchev–Trinajstić information content (AvgIpc) is 3.35. The Hall–Kier alpha value is -2.39. The number of carbonyl (C=O) groups excluding carboxylic acids is 1. The lowest BCUT2D eigenvalue weighted by Crippen LogP contribution is -2.37. The Balaban J connectivity index is 1.46. The molecule has 1 aliphatic rings. The zero-order valence-electron chi connectivity index (χ0n) is 15.4. The van der Waals surface area contributed by atoms with Crippen LogP contribution in [0.5, 0.6) is 0 Å². The molecule has 3 aromatic heterocycles. The van der Waals surface area contributed by atoms with Gasteiger partial charge in [0.1, 0.15) is 4.88 Å². The van der Waals surface area contributed by atoms with Crippen LogP contribution >= 0.6 is 22.7 Å². The standard InChI is InChI=1S/C18H20N6OS2/c1-10-16(26-9-20-10)17(25)22-13-5-7-24(8-13)18-19-6-4-14(23-18)15-11(2)21-12(3)27-15/h4,6,9,13H,5,7-8H2,1-3H3,(H,22,25). The van der Waals surface area contributed by atoms with Crippen LogP contribution in [0, 0.1) is 20.8 Å². The number of anilines is 1. The second-order valence-electron chi connectivity index (χ2n) is 6.56. The number of carbonyl (C=O) groups is 1. The molecule has 3 aromatic rings. The summed E-state index contributed by atoms with van der Waals surface area (Å²) in [6, 6.07) is 2.00. The summed E-state index contributed by atoms with van der Waals surface area (Å²) in [5.74, 6) is 0.649. The van der Waals surface area contributed by atoms with Gasteiger partial charge in [-0.15, -0.1) is 22.7 Å². The molecule has 1 amide bonds. The van der Waals surface area contributed by atoms with Crippen molar-refractivity contribution in [3.63, 3.8) is 0 Å². The maximum atomic E-state index is 12.4. The van der Waals surface area contributed by atoms with Crippen molar-refractivity contribution in [2.75, 3.05) is 18.0 Å². The Labute approximate surface area is 165 Å². The van der Waals surface area contributed by atoms with Crippen LogP contribution in [0.15, 0.2) is 17.8 Å². The van der Waals surface area contributed by atoms with E-state index in [1.807, 2.05) is 26.8 Å². The molecule has 9 heteroatoms. The highest BCUT2D eigenvalue weighted by Gasteiger charge is 2.27. The summed E-state index contributed by atoms with van der Waals surface area (Å²) in [6.07, 6.45) is 2.66. The molecule has 1 atom stereocenters. The summed E-state index contributed by atoms with van der Waals surface area (Å²) in [7, 11) is 0. The molecule has 1 unspecified atom stereocenters. The molecule has 0 radical (unpaired) electrons. The van der Waals surface area contributed by atoms with E-state index in [1.54, 1.807) is 23.0 Å². The third-order valence-electron chi connectivity index (χ3n) is 4.54. The van der Waals surface area contributed by atoms with Crippen LogP contribution in [-0.2, 0) is 0 Å². The number of aromatic nitrogens is 4. The van der Waals surface area contributed by atoms with Crippen molar-refractivity contribution >= 4 is 34.5 Å². The number of hydrogen-bond acceptors (Lipinski definition) is 8. The van der Waals surface area contributed by atoms with E-state index in [0.29, 0.717) is 17.4 Å². The van der Waals surface area contributed by atoms with Gasteiger partial charge >= 0.3 is 0 Å². The largest absolute Gasteiger partial charge is 0.347 e. The Bertz CT molecular complexity index is 982. The van der Waals surface area contributed by atoms with Gasteiger partial charge in [0.15, 0.2) is 0 Å². The molecule has 0 saturated carbocycles. The van der Waals surface area contributed by atoms with Crippen LogP contribution in [0.1, 0.15) is 32.5 Å². The van der Waals surface area contributed by atoms with Crippen LogP contribution in [0.3, 0.4) is 0 Å². The number of rotatable bonds is 4. The number of thiazole rings is 2. The quantitative estimate of drug-likeness (QED) is 0.725. The first-order valence-electron chi connectivity index (χ1n) is 8.74. The smallest absolute Gasteiger partial charge is 0.263 e. The molecular formula is C18H20N6OS2. The van der Waals surface area contributed by atoms with Gasteiger partial charge in [-0.3, -0.25) is 4.79 Å². The summed E-state index contributed by atoms with van der Waals surface area (Å²) in [6.45, 7) is 7.38. The Morgan fingerprint density at radius 2 is 2.07 bits per heavy atom. The fraction of sp³-hybridized carbons (Fsp3) is 0.389. The van der Waals surface area contributed by atoms with Gasteiger partial charge in [-0.05, 0) is 33.3 Å². The fourth-order valence-electron chi connectivity index (χ4n) is 3.23. The molecule has 1 aliphatic heterocycles. The first-order valence-corrected chi connectivity index (χ1v) is 10.4. The molecule has 1 N–H and O–H groups in total. The van der Waals surface area contributed by atoms with Gasteiger partial charge in [-0.1, -0.05) is 0 Å². The second kappa shape index (κ2) is 7.32. The molecule has 1 fully saturated rings. The van der Waals surface area contributed by atoms with Crippen molar-refractivity contribution in [3.8, 4) is 10.6 Å². The molecule has 0 bridgehead atoms. The number of amides is 1. The van der Waals surface area contributed by atoms with Gasteiger partial charge in [0, 0.05) is 25.3 Å². The van der Waals surface area contributed by atoms with Crippen LogP contribution in [0.25, 0.3) is 10.6 Å². The van der Waals surface area contributed by atoms with Crippen LogP contribution in [0.4, 0.5) is 5.95 Å². The maximum absolute atomic E-state index is 12.4. The first kappa shape index (κ1) is 18.0. The highest BCUT2D eigenvalue weighted by atomic mass is 32.1. The van der Waals surface area contributed by atoms with E-state index in [4.69, 9.17) is 4.98 Å². The van der Waals surface area contributed by atoms with Gasteiger partial charge in [0.05, 0.1) is 32.5 Å². The van der Waals surface area contributed by atoms with Crippen LogP contribution in [-0.4, -0.2) is 45.0 Å². The van der Waals surface area contributed by atoms with E-state index < -0.39 is 0 Å². The molecule has 140 valence electrons. The summed E-state index contributed by atoms with van der Waals surface area (Å²) >= 11 is 3.02. The number of nitrogens with zero attached hydrogens (tertiary/aromatic N) is 5. The Kier molecular flexibility index (Phi) is 4.88. The zero-order chi connectivity index (χ0) is 19.0. The van der Waals surface area contributed by atoms with Gasteiger partial charge in [-0.2, -0.15) is 0 Å². The van der Waals surface area contributed by atoms with Crippen molar-refractivity contribution in [2.24, 2.45) is 0 Å². The summed E-state index contributed by atoms with van der Waals surface area (Å²) in [5.41, 5.74) is 4.37. The van der Waals surface area contributed by atoms with Gasteiger partial charge < -0.3 is 10.2 Å². The van der Waals surface area contributed by atoms with Crippen molar-refractivity contribution in [1.29, 1.82) is 0 Å². The number of nitrogens with one attached hydrogen (secondary N) is 1. The minimum absolute atomic E-state index is 0.0488. The van der Waals surface area contributed by atoms with E-state index in [9.17, 15) is 4.79 Å². The van der Waals surface area contributed by atoms with E-state index >= 15 is 0 Å². The molecule has 0 spiro atoms. The minimum atomic E-state index is -0.0488. The van der Waals surface area contributed by atoms with Crippen molar-refractivity contribution in [1.82, 2.24) is 25.3 Å². The lowest BCUT2D eigenvalue weighted by Gasteiger charge is -2.17. The lowest BCUT2D eigenvalue weighted by atomic mass is 10.2. The number of aryl methyl sites for hydroxylation is 3. The number of hydrogen-bond donors (Lipinski definition) is 1. The van der Waals surface area contributed by atoms with Gasteiger partial charge in [0.2, 0.25) is 5.95 Å². The predicted molar refractivity (Wildman–Crippen MR) is 108 cm³/mol. The van der Waals surface area contributed by atoms with Crippen molar-refractivity contribution < 1.29 is 4.79 Å². The second-order valence-corrected chi connectivity index (χ2v) is 8.62. The Morgan fingerprint density at radius 1 is 1.22 bits per heavy atom. The topological polar surface area (TPSA) is 83.9 Å². The van der Waals surface area contributed by atoms with E-state index in [1.165, 1.54) is 11.3 Å². The molecule has 27 heavy (non-hydrogen) atoms. The molecule has 0 aliphatic carbocycles. The SMILES string of the molecule is Cc1nc(C)c(-c2ccnc(N3CCC(NC(=O)c4scnc4C)C3)n2)s1. The molecular weight excluding hydrogens is 380 g/mol. The average molecular weight is 401 g/mol. The molecule has 7 nitrogen and oxygen atoms in total. The minimum Gasteiger partial charge on any atom is -0.347 e. The zero-order valence-corrected chi connectivity index (χ0v) is 17.0. The third kappa shape index (κ3) is 3.70. The van der Waals surface area contributed by atoms with Crippen molar-refractivity contribution in [2.45, 2.75) is 33.2 Å². The Morgan fingerprint density at radius 3 is 2.78 bits per heavy atom. The lowest BCUT2D eigenvalue weighted by molar-refractivity contribution is 0.0943. The molecule has 1 saturated heterocycles. The molecule has 4 rings (SSSR count). The molecule has 4 heterocycles. The first-order chi connectivity index (χ1) is 13.0. The maximum Gasteiger partial charge on any atom is 0.263 e. The van der Waals surface area contributed by atoms with E-state index in [0.717, 1.165) is 39.9 Å². The summed E-state index contributed by atoms with van der Waals surface area (Å²) in [5, 5.41) is 4.14. The normalized spacial score (nSPS) is 16.7. The highest BCUT2D eigenvalue weighted by Crippen LogP contribution is 2.29. The van der Waals surface area contributed by atoms with Crippen LogP contribution < -0.4 is 10.2 Å². The monoisotopic (exact) mass is 400 g/mol. The van der Waals surface area contributed by atoms with E-state index in [-0.39, 0.29) is 11.9 Å². The summed E-state index contributed by atoms with van der Waals surface area (Å²) in [4.78, 5) is 34.1. The summed E-state index contributed by atoms with van der Waals surface area (Å²) < 4.78 is 0. The highest BCUT2D eigenvalue weighted by molar-refractivity contribution is 7.15. The van der Waals surface area contributed by atoms with Gasteiger partial charge in [0.25, 0.3) is 5.91 Å². The van der Waals surface area contributed by atoms with Crippen molar-refractivity contribution in [3.05, 3.63) is 39.0 Å². The predicted octanol–water partition coefficient (Wildman–Crippen LogP) is 2.99. The van der Waals surface area contributed by atoms with E-state index in [2.05, 4.69) is 25.2 Å².